The summed E-state index contributed by atoms with van der Waals surface area (Å²) in [6, 6.07) is 8.60. The monoisotopic (exact) mass is 336 g/mol. The fourth-order valence-corrected chi connectivity index (χ4v) is 1.55. The van der Waals surface area contributed by atoms with Crippen molar-refractivity contribution >= 4 is 26.7 Å². The molecule has 0 unspecified atom stereocenters. The summed E-state index contributed by atoms with van der Waals surface area (Å²) in [6.45, 7) is 0. The standard InChI is InChI=1S/C7H5N2S.Re/c8-7-9-5-3-1-2-4-6(5)10-7;/h2-4H,(H2,8,9);/q-1;. The molecule has 0 saturated heterocycles. The number of nitrogens with two attached hydrogens (primary N) is 1. The van der Waals surface area contributed by atoms with Crippen LogP contribution in [-0.4, -0.2) is 4.98 Å². The van der Waals surface area contributed by atoms with Crippen molar-refractivity contribution in [2.75, 3.05) is 5.73 Å². The molecule has 0 amide bonds. The van der Waals surface area contributed by atoms with Crippen LogP contribution in [0.1, 0.15) is 0 Å². The van der Waals surface area contributed by atoms with E-state index in [2.05, 4.69) is 11.1 Å². The molecule has 0 aliphatic rings. The van der Waals surface area contributed by atoms with Crippen LogP contribution < -0.4 is 5.73 Å². The van der Waals surface area contributed by atoms with Gasteiger partial charge in [-0.1, -0.05) is 4.70 Å². The summed E-state index contributed by atoms with van der Waals surface area (Å²) in [4.78, 5) is 4.08. The molecule has 0 bridgehead atoms. The number of nitrogens with zero attached hydrogens (tertiary/aromatic N) is 1. The molecule has 1 aromatic carbocycles. The smallest absolute Gasteiger partial charge is 0.166 e. The first-order chi connectivity index (χ1) is 4.86. The van der Waals surface area contributed by atoms with Gasteiger partial charge in [-0.3, -0.25) is 4.98 Å². The molecular formula is C7H5N2ReS-. The summed E-state index contributed by atoms with van der Waals surface area (Å²) in [5.41, 5.74) is 6.42. The van der Waals surface area contributed by atoms with Gasteiger partial charge in [-0.2, -0.15) is 24.3 Å². The van der Waals surface area contributed by atoms with Gasteiger partial charge < -0.3 is 5.73 Å². The fourth-order valence-electron chi connectivity index (χ4n) is 0.835. The number of thiazole rings is 1. The van der Waals surface area contributed by atoms with Crippen LogP contribution in [0.15, 0.2) is 18.2 Å². The third kappa shape index (κ3) is 1.59. The van der Waals surface area contributed by atoms with E-state index in [0.717, 1.165) is 10.2 Å². The Morgan fingerprint density at radius 3 is 3.09 bits per heavy atom. The maximum Gasteiger partial charge on any atom is 0.166 e. The molecule has 2 aromatic rings. The molecule has 2 N–H and O–H groups in total. The van der Waals surface area contributed by atoms with Crippen molar-refractivity contribution in [1.29, 1.82) is 0 Å². The molecule has 57 valence electrons. The van der Waals surface area contributed by atoms with Crippen molar-refractivity contribution < 1.29 is 20.4 Å². The number of hydrogen-bond acceptors (Lipinski definition) is 3. The second-order valence-corrected chi connectivity index (χ2v) is 3.01. The maximum absolute atomic E-state index is 5.48. The van der Waals surface area contributed by atoms with Gasteiger partial charge >= 0.3 is 0 Å². The number of nitrogen functional groups attached to an aromatic ring is 1. The van der Waals surface area contributed by atoms with Crippen molar-refractivity contribution in [2.45, 2.75) is 0 Å². The molecule has 4 heteroatoms. The molecule has 0 aliphatic carbocycles. The minimum Gasteiger partial charge on any atom is -0.376 e. The zero-order valence-electron chi connectivity index (χ0n) is 5.54. The zero-order chi connectivity index (χ0) is 6.97. The van der Waals surface area contributed by atoms with Gasteiger partial charge in [0.05, 0.1) is 0 Å². The van der Waals surface area contributed by atoms with Gasteiger partial charge in [0.2, 0.25) is 0 Å². The molecule has 1 heterocycles. The van der Waals surface area contributed by atoms with Gasteiger partial charge in [0.25, 0.3) is 0 Å². The summed E-state index contributed by atoms with van der Waals surface area (Å²) in [6.07, 6.45) is 0. The van der Waals surface area contributed by atoms with Crippen LogP contribution in [-0.2, 0) is 20.4 Å². The Bertz CT molecular complexity index is 325. The number of aromatic nitrogens is 1. The Labute approximate surface area is 82.1 Å². The normalized spacial score (nSPS) is 9.45. The predicted octanol–water partition coefficient (Wildman–Crippen LogP) is 1.68. The van der Waals surface area contributed by atoms with Crippen molar-refractivity contribution in [3.63, 3.8) is 0 Å². The molecule has 0 spiro atoms. The van der Waals surface area contributed by atoms with E-state index < -0.39 is 0 Å². The third-order valence-corrected chi connectivity index (χ3v) is 2.11. The van der Waals surface area contributed by atoms with Crippen LogP contribution in [0, 0.1) is 6.07 Å². The van der Waals surface area contributed by atoms with Crippen molar-refractivity contribution in [3.05, 3.63) is 24.3 Å². The van der Waals surface area contributed by atoms with E-state index in [9.17, 15) is 0 Å². The predicted molar refractivity (Wildman–Crippen MR) is 42.9 cm³/mol. The quantitative estimate of drug-likeness (QED) is 0.744. The molecule has 2 nitrogen and oxygen atoms in total. The molecule has 0 fully saturated rings. The molecule has 0 aliphatic heterocycles. The van der Waals surface area contributed by atoms with Gasteiger partial charge in [0, 0.05) is 20.4 Å². The Morgan fingerprint density at radius 2 is 2.36 bits per heavy atom. The summed E-state index contributed by atoms with van der Waals surface area (Å²) in [5, 5.41) is 0.620. The molecule has 1 radical (unpaired) electrons. The number of anilines is 1. The van der Waals surface area contributed by atoms with E-state index in [1.54, 1.807) is 0 Å². The Morgan fingerprint density at radius 1 is 1.55 bits per heavy atom. The second kappa shape index (κ2) is 3.31. The molecule has 1 aromatic heterocycles. The average Bonchev–Trinajstić information content (AvgIpc) is 2.27. The Balaban J connectivity index is 0.000000605. The average molecular weight is 335 g/mol. The van der Waals surface area contributed by atoms with E-state index in [4.69, 9.17) is 5.73 Å². The first-order valence-corrected chi connectivity index (χ1v) is 3.70. The molecule has 2 rings (SSSR count). The van der Waals surface area contributed by atoms with Crippen molar-refractivity contribution in [2.24, 2.45) is 0 Å². The van der Waals surface area contributed by atoms with E-state index in [-0.39, 0.29) is 20.4 Å². The first-order valence-electron chi connectivity index (χ1n) is 2.88. The summed E-state index contributed by atoms with van der Waals surface area (Å²) in [5.74, 6) is 0. The van der Waals surface area contributed by atoms with Crippen LogP contribution in [0.4, 0.5) is 5.13 Å². The van der Waals surface area contributed by atoms with Crippen LogP contribution in [0.2, 0.25) is 0 Å². The largest absolute Gasteiger partial charge is 0.376 e. The number of rotatable bonds is 0. The number of hydrogen-bond donors (Lipinski definition) is 1. The van der Waals surface area contributed by atoms with Gasteiger partial charge in [0.1, 0.15) is 0 Å². The van der Waals surface area contributed by atoms with E-state index in [1.165, 1.54) is 11.3 Å². The maximum atomic E-state index is 5.48. The van der Waals surface area contributed by atoms with Crippen molar-refractivity contribution in [1.82, 2.24) is 4.98 Å². The zero-order valence-corrected chi connectivity index (χ0v) is 9.08. The molecular weight excluding hydrogens is 330 g/mol. The summed E-state index contributed by atoms with van der Waals surface area (Å²) in [7, 11) is 0. The number of fused-ring (bicyclic) bond motifs is 1. The molecule has 11 heavy (non-hydrogen) atoms. The van der Waals surface area contributed by atoms with E-state index in [0.29, 0.717) is 5.13 Å². The van der Waals surface area contributed by atoms with Crippen LogP contribution >= 0.6 is 11.3 Å². The van der Waals surface area contributed by atoms with Crippen LogP contribution in [0.25, 0.3) is 10.2 Å². The van der Waals surface area contributed by atoms with Gasteiger partial charge in [-0.15, -0.1) is 11.3 Å². The minimum absolute atomic E-state index is 0. The van der Waals surface area contributed by atoms with Crippen LogP contribution in [0.5, 0.6) is 0 Å². The number of benzene rings is 1. The minimum atomic E-state index is 0. The summed E-state index contributed by atoms with van der Waals surface area (Å²) >= 11 is 1.50. The van der Waals surface area contributed by atoms with Gasteiger partial charge in [0.15, 0.2) is 5.13 Å². The SMILES string of the molecule is Nc1nc2c[c-]ccc2s1.[Re]. The van der Waals surface area contributed by atoms with E-state index in [1.807, 2.05) is 18.2 Å². The second-order valence-electron chi connectivity index (χ2n) is 1.95. The topological polar surface area (TPSA) is 38.9 Å². The summed E-state index contributed by atoms with van der Waals surface area (Å²) < 4.78 is 1.12. The molecule has 0 saturated carbocycles. The van der Waals surface area contributed by atoms with Crippen molar-refractivity contribution in [3.8, 4) is 0 Å². The molecule has 0 atom stereocenters. The van der Waals surface area contributed by atoms with E-state index >= 15 is 0 Å². The Hall–Kier alpha value is -0.428. The first kappa shape index (κ1) is 8.67. The van der Waals surface area contributed by atoms with Crippen LogP contribution in [0.3, 0.4) is 0 Å². The Kier molecular flexibility index (Phi) is 2.61. The van der Waals surface area contributed by atoms with Gasteiger partial charge in [-0.05, 0) is 5.52 Å². The third-order valence-electron chi connectivity index (χ3n) is 1.25. The van der Waals surface area contributed by atoms with Gasteiger partial charge in [-0.25, -0.2) is 0 Å². The fraction of sp³-hybridized carbons (Fsp3) is 0.